The van der Waals surface area contributed by atoms with Gasteiger partial charge in [0.2, 0.25) is 11.8 Å². The summed E-state index contributed by atoms with van der Waals surface area (Å²) in [4.78, 5) is 37.1. The molecule has 0 bridgehead atoms. The van der Waals surface area contributed by atoms with Crippen molar-refractivity contribution < 1.29 is 18.7 Å². The molecular formula is C24H27N5O4. The van der Waals surface area contributed by atoms with Gasteiger partial charge >= 0.3 is 0 Å². The van der Waals surface area contributed by atoms with E-state index in [1.165, 1.54) is 0 Å². The Balaban J connectivity index is 1.38. The van der Waals surface area contributed by atoms with Crippen LogP contribution in [0, 0.1) is 6.92 Å². The second kappa shape index (κ2) is 10.2. The van der Waals surface area contributed by atoms with Gasteiger partial charge in [-0.05, 0) is 24.3 Å². The number of anilines is 1. The summed E-state index contributed by atoms with van der Waals surface area (Å²) < 4.78 is 11.2. The number of nitrogens with one attached hydrogen (secondary N) is 1. The molecule has 9 heteroatoms. The molecule has 3 aromatic rings. The first-order valence-electron chi connectivity index (χ1n) is 10.8. The lowest BCUT2D eigenvalue weighted by Gasteiger charge is -2.24. The van der Waals surface area contributed by atoms with E-state index in [-0.39, 0.29) is 18.4 Å². The van der Waals surface area contributed by atoms with Crippen LogP contribution in [-0.2, 0) is 16.1 Å². The van der Waals surface area contributed by atoms with Crippen molar-refractivity contribution in [1.82, 2.24) is 20.2 Å². The van der Waals surface area contributed by atoms with Crippen LogP contribution in [0.25, 0.3) is 11.3 Å². The molecule has 0 saturated carbocycles. The average molecular weight is 450 g/mol. The molecule has 1 N–H and O–H groups in total. The number of aryl methyl sites for hydroxylation is 1. The molecule has 0 aliphatic carbocycles. The summed E-state index contributed by atoms with van der Waals surface area (Å²) in [6, 6.07) is 11.4. The first kappa shape index (κ1) is 22.3. The van der Waals surface area contributed by atoms with E-state index in [1.54, 1.807) is 31.3 Å². The second-order valence-corrected chi connectivity index (χ2v) is 7.78. The first-order chi connectivity index (χ1) is 16.0. The summed E-state index contributed by atoms with van der Waals surface area (Å²) >= 11 is 0. The number of hydrogen-bond acceptors (Lipinski definition) is 7. The largest absolute Gasteiger partial charge is 0.496 e. The smallest absolute Gasteiger partial charge is 0.239 e. The van der Waals surface area contributed by atoms with E-state index in [9.17, 15) is 9.59 Å². The van der Waals surface area contributed by atoms with E-state index in [2.05, 4.69) is 20.2 Å². The Kier molecular flexibility index (Phi) is 6.87. The second-order valence-electron chi connectivity index (χ2n) is 7.78. The van der Waals surface area contributed by atoms with Gasteiger partial charge in [0, 0.05) is 50.9 Å². The number of carbonyl (C=O) groups is 2. The van der Waals surface area contributed by atoms with E-state index in [4.69, 9.17) is 9.15 Å². The minimum absolute atomic E-state index is 0.0343. The predicted molar refractivity (Wildman–Crippen MR) is 123 cm³/mol. The van der Waals surface area contributed by atoms with Gasteiger partial charge in [-0.15, -0.1) is 0 Å². The zero-order valence-electron chi connectivity index (χ0n) is 18.8. The number of benzene rings is 1. The zero-order chi connectivity index (χ0) is 23.2. The normalized spacial score (nSPS) is 14.2. The van der Waals surface area contributed by atoms with Crippen molar-refractivity contribution in [1.29, 1.82) is 0 Å². The minimum Gasteiger partial charge on any atom is -0.496 e. The Bertz CT molecular complexity index is 1120. The van der Waals surface area contributed by atoms with E-state index in [1.807, 2.05) is 36.4 Å². The number of amides is 2. The van der Waals surface area contributed by atoms with Crippen LogP contribution in [0.15, 0.2) is 53.2 Å². The van der Waals surface area contributed by atoms with Crippen molar-refractivity contribution in [2.24, 2.45) is 0 Å². The highest BCUT2D eigenvalue weighted by atomic mass is 16.5. The molecule has 1 fully saturated rings. The number of rotatable bonds is 7. The monoisotopic (exact) mass is 449 g/mol. The van der Waals surface area contributed by atoms with Crippen molar-refractivity contribution >= 4 is 17.5 Å². The third kappa shape index (κ3) is 5.49. The number of pyridine rings is 1. The maximum Gasteiger partial charge on any atom is 0.239 e. The summed E-state index contributed by atoms with van der Waals surface area (Å²) in [6.45, 7) is 3.81. The standard InChI is InChI=1S/C24H27N5O4/c1-17-26-15-22(33-17)20-7-6-19(13-21(20)32-2)28-10-8-24(31)29(12-11-28)16-23(30)27-14-18-5-3-4-9-25-18/h3-7,9,13,15H,8,10-12,14,16H2,1-2H3,(H,27,30). The SMILES string of the molecule is COc1cc(N2CCC(=O)N(CC(=O)NCc3ccccn3)CC2)ccc1-c1cnc(C)o1. The number of aromatic nitrogens is 2. The van der Waals surface area contributed by atoms with Crippen molar-refractivity contribution in [2.75, 3.05) is 38.2 Å². The van der Waals surface area contributed by atoms with Gasteiger partial charge in [0.25, 0.3) is 0 Å². The number of hydrogen-bond donors (Lipinski definition) is 1. The fourth-order valence-electron chi connectivity index (χ4n) is 3.78. The number of methoxy groups -OCH3 is 1. The highest BCUT2D eigenvalue weighted by Crippen LogP contribution is 2.34. The van der Waals surface area contributed by atoms with Gasteiger partial charge in [-0.3, -0.25) is 14.6 Å². The zero-order valence-corrected chi connectivity index (χ0v) is 18.8. The van der Waals surface area contributed by atoms with Crippen LogP contribution in [0.3, 0.4) is 0 Å². The van der Waals surface area contributed by atoms with E-state index in [0.717, 1.165) is 16.9 Å². The van der Waals surface area contributed by atoms with E-state index < -0.39 is 0 Å². The number of oxazole rings is 1. The molecule has 2 amide bonds. The molecule has 0 radical (unpaired) electrons. The molecule has 1 aliphatic heterocycles. The van der Waals surface area contributed by atoms with Gasteiger partial charge in [-0.2, -0.15) is 0 Å². The maximum atomic E-state index is 12.6. The molecule has 33 heavy (non-hydrogen) atoms. The first-order valence-corrected chi connectivity index (χ1v) is 10.8. The van der Waals surface area contributed by atoms with Gasteiger partial charge < -0.3 is 24.3 Å². The Hall–Kier alpha value is -3.88. The van der Waals surface area contributed by atoms with Gasteiger partial charge in [0.15, 0.2) is 11.7 Å². The molecule has 1 saturated heterocycles. The highest BCUT2D eigenvalue weighted by Gasteiger charge is 2.24. The summed E-state index contributed by atoms with van der Waals surface area (Å²) in [5.74, 6) is 1.67. The number of carbonyl (C=O) groups excluding carboxylic acids is 2. The molecule has 0 spiro atoms. The third-order valence-electron chi connectivity index (χ3n) is 5.55. The van der Waals surface area contributed by atoms with Crippen molar-refractivity contribution in [3.63, 3.8) is 0 Å². The predicted octanol–water partition coefficient (Wildman–Crippen LogP) is 2.41. The molecular weight excluding hydrogens is 422 g/mol. The Morgan fingerprint density at radius 2 is 2.06 bits per heavy atom. The molecule has 9 nitrogen and oxygen atoms in total. The molecule has 1 aromatic carbocycles. The fraction of sp³-hybridized carbons (Fsp3) is 0.333. The molecule has 172 valence electrons. The van der Waals surface area contributed by atoms with Crippen LogP contribution >= 0.6 is 0 Å². The Morgan fingerprint density at radius 3 is 2.79 bits per heavy atom. The lowest BCUT2D eigenvalue weighted by atomic mass is 10.1. The van der Waals surface area contributed by atoms with Crippen LogP contribution in [0.4, 0.5) is 5.69 Å². The summed E-state index contributed by atoms with van der Waals surface area (Å²) in [6.07, 6.45) is 3.69. The number of nitrogens with zero attached hydrogens (tertiary/aromatic N) is 4. The summed E-state index contributed by atoms with van der Waals surface area (Å²) in [5, 5.41) is 2.83. The molecule has 4 rings (SSSR count). The van der Waals surface area contributed by atoms with Crippen LogP contribution in [0.5, 0.6) is 5.75 Å². The molecule has 2 aromatic heterocycles. The van der Waals surface area contributed by atoms with Gasteiger partial charge in [-0.1, -0.05) is 6.07 Å². The van der Waals surface area contributed by atoms with Crippen molar-refractivity contribution in [3.8, 4) is 17.1 Å². The van der Waals surface area contributed by atoms with Gasteiger partial charge in [-0.25, -0.2) is 4.98 Å². The van der Waals surface area contributed by atoms with Gasteiger partial charge in [0.1, 0.15) is 5.75 Å². The highest BCUT2D eigenvalue weighted by molar-refractivity contribution is 5.85. The van der Waals surface area contributed by atoms with E-state index in [0.29, 0.717) is 50.0 Å². The van der Waals surface area contributed by atoms with Gasteiger partial charge in [0.05, 0.1) is 37.7 Å². The fourth-order valence-corrected chi connectivity index (χ4v) is 3.78. The summed E-state index contributed by atoms with van der Waals surface area (Å²) in [5.41, 5.74) is 2.54. The number of ether oxygens (including phenoxy) is 1. The van der Waals surface area contributed by atoms with Crippen LogP contribution in [0.1, 0.15) is 18.0 Å². The topological polar surface area (TPSA) is 101 Å². The summed E-state index contributed by atoms with van der Waals surface area (Å²) in [7, 11) is 1.61. The lowest BCUT2D eigenvalue weighted by molar-refractivity contribution is -0.135. The Labute approximate surface area is 192 Å². The van der Waals surface area contributed by atoms with E-state index >= 15 is 0 Å². The lowest BCUT2D eigenvalue weighted by Crippen LogP contribution is -2.41. The molecule has 1 aliphatic rings. The van der Waals surface area contributed by atoms with Crippen molar-refractivity contribution in [3.05, 3.63) is 60.4 Å². The van der Waals surface area contributed by atoms with Crippen molar-refractivity contribution in [2.45, 2.75) is 19.9 Å². The minimum atomic E-state index is -0.198. The average Bonchev–Trinajstić information content (AvgIpc) is 3.19. The Morgan fingerprint density at radius 1 is 1.18 bits per heavy atom. The van der Waals surface area contributed by atoms with Crippen LogP contribution in [-0.4, -0.2) is 60.0 Å². The molecule has 3 heterocycles. The molecule has 0 unspecified atom stereocenters. The third-order valence-corrected chi connectivity index (χ3v) is 5.55. The maximum absolute atomic E-state index is 12.6. The van der Waals surface area contributed by atoms with Crippen LogP contribution < -0.4 is 15.0 Å². The quantitative estimate of drug-likeness (QED) is 0.591. The van der Waals surface area contributed by atoms with Crippen LogP contribution in [0.2, 0.25) is 0 Å². The molecule has 0 atom stereocenters.